The summed E-state index contributed by atoms with van der Waals surface area (Å²) < 4.78 is 12.9. The van der Waals surface area contributed by atoms with Gasteiger partial charge in [-0.2, -0.15) is 4.39 Å². The molecular weight excluding hydrogens is 145 g/mol. The molecule has 1 aromatic rings. The zero-order valence-corrected chi connectivity index (χ0v) is 5.89. The highest BCUT2D eigenvalue weighted by atomic mass is 19.1. The lowest BCUT2D eigenvalue weighted by Gasteiger charge is -2.18. The normalized spacial score (nSPS) is 14.6. The highest BCUT2D eigenvalue weighted by Crippen LogP contribution is 2.24. The number of rotatable bonds is 0. The van der Waals surface area contributed by atoms with E-state index < -0.39 is 5.95 Å². The van der Waals surface area contributed by atoms with Gasteiger partial charge >= 0.3 is 0 Å². The molecule has 0 unspecified atom stereocenters. The van der Waals surface area contributed by atoms with Gasteiger partial charge < -0.3 is 10.6 Å². The number of pyridine rings is 1. The Labute approximate surface area is 63.6 Å². The van der Waals surface area contributed by atoms with Crippen LogP contribution in [0.1, 0.15) is 0 Å². The first-order valence-corrected chi connectivity index (χ1v) is 3.50. The molecule has 0 saturated carbocycles. The van der Waals surface area contributed by atoms with Crippen LogP contribution in [0.3, 0.4) is 0 Å². The molecule has 1 aliphatic rings. The number of halogens is 1. The lowest BCUT2D eigenvalue weighted by Crippen LogP contribution is -2.21. The molecule has 2 rings (SSSR count). The molecule has 1 aliphatic heterocycles. The van der Waals surface area contributed by atoms with E-state index in [4.69, 9.17) is 0 Å². The number of nitrogens with one attached hydrogen (secondary N) is 2. The summed E-state index contributed by atoms with van der Waals surface area (Å²) in [5.74, 6) is -0.435. The highest BCUT2D eigenvalue weighted by molar-refractivity contribution is 5.69. The summed E-state index contributed by atoms with van der Waals surface area (Å²) in [4.78, 5) is 3.52. The Morgan fingerprint density at radius 2 is 2.18 bits per heavy atom. The van der Waals surface area contributed by atoms with Crippen LogP contribution in [0.4, 0.5) is 15.8 Å². The summed E-state index contributed by atoms with van der Waals surface area (Å²) in [6.45, 7) is 1.58. The Hall–Kier alpha value is -1.32. The van der Waals surface area contributed by atoms with Gasteiger partial charge in [0.25, 0.3) is 0 Å². The van der Waals surface area contributed by atoms with Crippen molar-refractivity contribution in [2.45, 2.75) is 0 Å². The van der Waals surface area contributed by atoms with Crippen molar-refractivity contribution >= 4 is 11.4 Å². The Morgan fingerprint density at radius 1 is 1.36 bits per heavy atom. The minimum atomic E-state index is -0.435. The maximum Gasteiger partial charge on any atom is 0.238 e. The van der Waals surface area contributed by atoms with Gasteiger partial charge in [0.05, 0.1) is 5.69 Å². The quantitative estimate of drug-likeness (QED) is 0.547. The Balaban J connectivity index is 2.49. The number of hydrogen-bond donors (Lipinski definition) is 2. The van der Waals surface area contributed by atoms with Gasteiger partial charge in [0.15, 0.2) is 0 Å². The van der Waals surface area contributed by atoms with E-state index in [1.54, 1.807) is 6.07 Å². The van der Waals surface area contributed by atoms with Crippen molar-refractivity contribution < 1.29 is 4.39 Å². The van der Waals surface area contributed by atoms with E-state index in [0.717, 1.165) is 18.8 Å². The molecule has 0 bridgehead atoms. The molecule has 2 heterocycles. The van der Waals surface area contributed by atoms with Crippen LogP contribution in [0, 0.1) is 5.95 Å². The lowest BCUT2D eigenvalue weighted by molar-refractivity contribution is 0.586. The molecule has 0 fully saturated rings. The summed E-state index contributed by atoms with van der Waals surface area (Å²) in [6.07, 6.45) is 1.45. The largest absolute Gasteiger partial charge is 0.381 e. The number of hydrogen-bond acceptors (Lipinski definition) is 3. The monoisotopic (exact) mass is 153 g/mol. The van der Waals surface area contributed by atoms with E-state index >= 15 is 0 Å². The van der Waals surface area contributed by atoms with Crippen molar-refractivity contribution in [1.29, 1.82) is 0 Å². The standard InChI is InChI=1S/C7H8FN3/c8-7-6-5(1-2-11-7)9-3-4-10-6/h1-2,9-10H,3-4H2. The zero-order chi connectivity index (χ0) is 7.68. The summed E-state index contributed by atoms with van der Waals surface area (Å²) >= 11 is 0. The molecule has 2 N–H and O–H groups in total. The minimum absolute atomic E-state index is 0.435. The fraction of sp³-hybridized carbons (Fsp3) is 0.286. The van der Waals surface area contributed by atoms with E-state index in [1.807, 2.05) is 0 Å². The van der Waals surface area contributed by atoms with Crippen molar-refractivity contribution in [3.05, 3.63) is 18.2 Å². The third kappa shape index (κ3) is 1.00. The minimum Gasteiger partial charge on any atom is -0.381 e. The average molecular weight is 153 g/mol. The number of anilines is 2. The number of nitrogens with zero attached hydrogens (tertiary/aromatic N) is 1. The molecule has 0 spiro atoms. The van der Waals surface area contributed by atoms with E-state index in [0.29, 0.717) is 5.69 Å². The number of aromatic nitrogens is 1. The second-order valence-electron chi connectivity index (χ2n) is 2.38. The molecule has 0 atom stereocenters. The van der Waals surface area contributed by atoms with Crippen molar-refractivity contribution in [3.8, 4) is 0 Å². The van der Waals surface area contributed by atoms with E-state index in [2.05, 4.69) is 15.6 Å². The average Bonchev–Trinajstić information content (AvgIpc) is 2.06. The summed E-state index contributed by atoms with van der Waals surface area (Å²) in [7, 11) is 0. The summed E-state index contributed by atoms with van der Waals surface area (Å²) in [5.41, 5.74) is 1.28. The van der Waals surface area contributed by atoms with Gasteiger partial charge in [-0.1, -0.05) is 0 Å². The third-order valence-electron chi connectivity index (χ3n) is 1.65. The van der Waals surface area contributed by atoms with Gasteiger partial charge in [-0.05, 0) is 6.07 Å². The van der Waals surface area contributed by atoms with E-state index in [9.17, 15) is 4.39 Å². The van der Waals surface area contributed by atoms with Crippen LogP contribution in [-0.2, 0) is 0 Å². The molecule has 0 saturated heterocycles. The molecule has 3 nitrogen and oxygen atoms in total. The van der Waals surface area contributed by atoms with Crippen LogP contribution in [0.25, 0.3) is 0 Å². The molecule has 58 valence electrons. The van der Waals surface area contributed by atoms with Gasteiger partial charge in [-0.3, -0.25) is 0 Å². The molecule has 0 aromatic carbocycles. The summed E-state index contributed by atoms with van der Waals surface area (Å²) in [6, 6.07) is 1.75. The van der Waals surface area contributed by atoms with Crippen LogP contribution in [0.2, 0.25) is 0 Å². The molecule has 0 radical (unpaired) electrons. The van der Waals surface area contributed by atoms with E-state index in [-0.39, 0.29) is 0 Å². The van der Waals surface area contributed by atoms with Crippen LogP contribution in [0.5, 0.6) is 0 Å². The third-order valence-corrected chi connectivity index (χ3v) is 1.65. The molecular formula is C7H8FN3. The van der Waals surface area contributed by atoms with E-state index in [1.165, 1.54) is 6.20 Å². The van der Waals surface area contributed by atoms with Gasteiger partial charge in [-0.15, -0.1) is 0 Å². The van der Waals surface area contributed by atoms with Crippen LogP contribution in [0.15, 0.2) is 12.3 Å². The van der Waals surface area contributed by atoms with Gasteiger partial charge in [-0.25, -0.2) is 4.98 Å². The SMILES string of the molecule is Fc1nccc2c1NCCN2. The Bertz CT molecular complexity index is 274. The predicted octanol–water partition coefficient (Wildman–Crippen LogP) is 1.06. The molecule has 0 aliphatic carbocycles. The first-order chi connectivity index (χ1) is 5.38. The smallest absolute Gasteiger partial charge is 0.238 e. The Morgan fingerprint density at radius 3 is 3.00 bits per heavy atom. The van der Waals surface area contributed by atoms with Crippen molar-refractivity contribution in [3.63, 3.8) is 0 Å². The lowest BCUT2D eigenvalue weighted by atomic mass is 10.3. The van der Waals surface area contributed by atoms with Crippen molar-refractivity contribution in [2.24, 2.45) is 0 Å². The van der Waals surface area contributed by atoms with Crippen LogP contribution in [-0.4, -0.2) is 18.1 Å². The van der Waals surface area contributed by atoms with Crippen LogP contribution >= 0.6 is 0 Å². The molecule has 1 aromatic heterocycles. The topological polar surface area (TPSA) is 37.0 Å². The second kappa shape index (κ2) is 2.38. The maximum atomic E-state index is 12.9. The fourth-order valence-electron chi connectivity index (χ4n) is 1.14. The molecule has 4 heteroatoms. The first-order valence-electron chi connectivity index (χ1n) is 3.50. The first kappa shape index (κ1) is 6.39. The van der Waals surface area contributed by atoms with Crippen LogP contribution < -0.4 is 10.6 Å². The van der Waals surface area contributed by atoms with Gasteiger partial charge in [0, 0.05) is 19.3 Å². The maximum absolute atomic E-state index is 12.9. The number of fused-ring (bicyclic) bond motifs is 1. The second-order valence-corrected chi connectivity index (χ2v) is 2.38. The Kier molecular flexibility index (Phi) is 1.38. The molecule has 11 heavy (non-hydrogen) atoms. The van der Waals surface area contributed by atoms with Gasteiger partial charge in [0.1, 0.15) is 5.69 Å². The summed E-state index contributed by atoms with van der Waals surface area (Å²) in [5, 5.41) is 5.99. The zero-order valence-electron chi connectivity index (χ0n) is 5.89. The fourth-order valence-corrected chi connectivity index (χ4v) is 1.14. The predicted molar refractivity (Wildman–Crippen MR) is 41.2 cm³/mol. The molecule has 0 amide bonds. The van der Waals surface area contributed by atoms with Crippen molar-refractivity contribution in [1.82, 2.24) is 4.98 Å². The van der Waals surface area contributed by atoms with Crippen molar-refractivity contribution in [2.75, 3.05) is 23.7 Å². The highest BCUT2D eigenvalue weighted by Gasteiger charge is 2.11. The van der Waals surface area contributed by atoms with Gasteiger partial charge in [0.2, 0.25) is 5.95 Å².